The predicted octanol–water partition coefficient (Wildman–Crippen LogP) is 8.44. The molecule has 5 aromatic rings. The zero-order valence-electron chi connectivity index (χ0n) is 22.6. The molecule has 0 atom stereocenters. The van der Waals surface area contributed by atoms with E-state index in [4.69, 9.17) is 0 Å². The molecule has 4 nitrogen and oxygen atoms in total. The van der Waals surface area contributed by atoms with Crippen molar-refractivity contribution < 1.29 is 9.59 Å². The molecule has 1 aliphatic heterocycles. The van der Waals surface area contributed by atoms with Crippen LogP contribution in [0.2, 0.25) is 0 Å². The minimum absolute atomic E-state index is 0.0512. The molecule has 4 heteroatoms. The van der Waals surface area contributed by atoms with Crippen LogP contribution in [0.4, 0.5) is 5.69 Å². The zero-order chi connectivity index (χ0) is 26.9. The van der Waals surface area contributed by atoms with Crippen molar-refractivity contribution in [2.24, 2.45) is 10.8 Å². The van der Waals surface area contributed by atoms with Gasteiger partial charge in [0.05, 0.1) is 33.2 Å². The van der Waals surface area contributed by atoms with Gasteiger partial charge in [-0.15, -0.1) is 0 Å². The van der Waals surface area contributed by atoms with Crippen LogP contribution < -0.4 is 4.90 Å². The summed E-state index contributed by atoms with van der Waals surface area (Å²) in [6.07, 6.45) is 7.63. The Balaban J connectivity index is 1.22. The molecular weight excluding hydrogens is 492 g/mol. The molecule has 3 fully saturated rings. The lowest BCUT2D eigenvalue weighted by molar-refractivity contribution is -0.134. The summed E-state index contributed by atoms with van der Waals surface area (Å²) in [5.41, 5.74) is 5.36. The maximum atomic E-state index is 14.0. The number of anilines is 1. The second-order valence-electron chi connectivity index (χ2n) is 12.0. The van der Waals surface area contributed by atoms with Gasteiger partial charge in [-0.25, -0.2) is 4.90 Å². The molecule has 4 aromatic carbocycles. The Morgan fingerprint density at radius 1 is 0.525 bits per heavy atom. The number of carbonyl (C=O) groups excluding carboxylic acids is 2. The number of amides is 2. The highest BCUT2D eigenvalue weighted by molar-refractivity contribution is 6.25. The molecule has 2 saturated carbocycles. The first-order valence-electron chi connectivity index (χ1n) is 14.7. The molecule has 3 aliphatic rings. The quantitative estimate of drug-likeness (QED) is 0.222. The molecule has 2 amide bonds. The molecule has 1 saturated heterocycles. The zero-order valence-corrected chi connectivity index (χ0v) is 22.6. The Morgan fingerprint density at radius 3 is 1.55 bits per heavy atom. The fourth-order valence-electron chi connectivity index (χ4n) is 8.39. The third-order valence-electron chi connectivity index (χ3n) is 10.2. The lowest BCUT2D eigenvalue weighted by Gasteiger charge is -2.35. The minimum atomic E-state index is -0.484. The number of hydrogen-bond acceptors (Lipinski definition) is 2. The van der Waals surface area contributed by atoms with E-state index in [9.17, 15) is 9.59 Å². The van der Waals surface area contributed by atoms with Crippen LogP contribution in [0, 0.1) is 10.8 Å². The van der Waals surface area contributed by atoms with Gasteiger partial charge in [0.2, 0.25) is 11.8 Å². The number of carbonyl (C=O) groups is 2. The highest BCUT2D eigenvalue weighted by atomic mass is 16.2. The van der Waals surface area contributed by atoms with E-state index in [1.165, 1.54) is 21.8 Å². The van der Waals surface area contributed by atoms with Crippen LogP contribution in [0.5, 0.6) is 0 Å². The summed E-state index contributed by atoms with van der Waals surface area (Å²) in [6.45, 7) is 0. The third-order valence-corrected chi connectivity index (χ3v) is 10.2. The van der Waals surface area contributed by atoms with Crippen molar-refractivity contribution in [2.75, 3.05) is 4.90 Å². The Kier molecular flexibility index (Phi) is 5.13. The first-order valence-corrected chi connectivity index (χ1v) is 14.7. The minimum Gasteiger partial charge on any atom is -0.309 e. The summed E-state index contributed by atoms with van der Waals surface area (Å²) in [4.78, 5) is 29.6. The van der Waals surface area contributed by atoms with Crippen LogP contribution in [0.25, 0.3) is 38.6 Å². The van der Waals surface area contributed by atoms with Gasteiger partial charge in [0.15, 0.2) is 0 Å². The Labute approximate surface area is 234 Å². The number of imide groups is 1. The number of aromatic nitrogens is 1. The van der Waals surface area contributed by atoms with Crippen LogP contribution in [-0.4, -0.2) is 16.4 Å². The first-order chi connectivity index (χ1) is 19.6. The van der Waals surface area contributed by atoms with E-state index in [0.29, 0.717) is 5.69 Å². The second kappa shape index (κ2) is 8.66. The Hall–Kier alpha value is -4.18. The van der Waals surface area contributed by atoms with Crippen molar-refractivity contribution in [3.63, 3.8) is 0 Å². The Morgan fingerprint density at radius 2 is 1.00 bits per heavy atom. The van der Waals surface area contributed by atoms with Crippen LogP contribution in [-0.2, 0) is 9.59 Å². The topological polar surface area (TPSA) is 42.3 Å². The van der Waals surface area contributed by atoms with Crippen molar-refractivity contribution in [1.29, 1.82) is 0 Å². The second-order valence-corrected chi connectivity index (χ2v) is 12.0. The third kappa shape index (κ3) is 3.02. The van der Waals surface area contributed by atoms with Gasteiger partial charge < -0.3 is 4.57 Å². The van der Waals surface area contributed by atoms with Gasteiger partial charge >= 0.3 is 0 Å². The van der Waals surface area contributed by atoms with E-state index in [2.05, 4.69) is 89.5 Å². The van der Waals surface area contributed by atoms with Crippen LogP contribution in [0.3, 0.4) is 0 Å². The number of benzene rings is 4. The van der Waals surface area contributed by atoms with Gasteiger partial charge in [-0.05, 0) is 61.6 Å². The van der Waals surface area contributed by atoms with Crippen molar-refractivity contribution in [2.45, 2.75) is 51.4 Å². The summed E-state index contributed by atoms with van der Waals surface area (Å²) in [6, 6.07) is 33.7. The van der Waals surface area contributed by atoms with E-state index in [1.54, 1.807) is 4.90 Å². The lowest BCUT2D eigenvalue weighted by atomic mass is 9.62. The molecule has 2 aliphatic carbocycles. The van der Waals surface area contributed by atoms with Crippen LogP contribution in [0.15, 0.2) is 97.1 Å². The SMILES string of the molecule is O=C1N(c2ccc(-c3ccccc3-n3c4ccccc4c4ccccc43)cc2)C(=O)C2(CCCC2)C12CCCC2. The lowest BCUT2D eigenvalue weighted by Crippen LogP contribution is -2.40. The molecule has 2 spiro atoms. The number of nitrogens with zero attached hydrogens (tertiary/aromatic N) is 2. The van der Waals surface area contributed by atoms with Gasteiger partial charge in [0, 0.05) is 16.3 Å². The summed E-state index contributed by atoms with van der Waals surface area (Å²) < 4.78 is 2.34. The molecule has 198 valence electrons. The summed E-state index contributed by atoms with van der Waals surface area (Å²) in [5.74, 6) is 0.102. The molecular formula is C36H32N2O2. The van der Waals surface area contributed by atoms with Crippen LogP contribution >= 0.6 is 0 Å². The van der Waals surface area contributed by atoms with Gasteiger partial charge in [-0.1, -0.05) is 92.4 Å². The highest BCUT2D eigenvalue weighted by Crippen LogP contribution is 2.64. The van der Waals surface area contributed by atoms with Gasteiger partial charge in [-0.2, -0.15) is 0 Å². The first kappa shape index (κ1) is 23.7. The van der Waals surface area contributed by atoms with Crippen LogP contribution in [0.1, 0.15) is 51.4 Å². The Bertz CT molecular complexity index is 1710. The van der Waals surface area contributed by atoms with E-state index >= 15 is 0 Å². The molecule has 0 N–H and O–H groups in total. The van der Waals surface area contributed by atoms with Crippen molar-refractivity contribution in [3.05, 3.63) is 97.1 Å². The molecule has 0 unspecified atom stereocenters. The van der Waals surface area contributed by atoms with Gasteiger partial charge in [-0.3, -0.25) is 9.59 Å². The van der Waals surface area contributed by atoms with E-state index in [0.717, 1.165) is 68.2 Å². The molecule has 0 bridgehead atoms. The average Bonchev–Trinajstić information content (AvgIpc) is 3.78. The molecule has 8 rings (SSSR count). The highest BCUT2D eigenvalue weighted by Gasteiger charge is 2.69. The predicted molar refractivity (Wildman–Crippen MR) is 161 cm³/mol. The number of rotatable bonds is 3. The average molecular weight is 525 g/mol. The maximum Gasteiger partial charge on any atom is 0.241 e. The van der Waals surface area contributed by atoms with Crippen molar-refractivity contribution >= 4 is 39.3 Å². The normalized spacial score (nSPS) is 19.6. The maximum absolute atomic E-state index is 14.0. The molecule has 0 radical (unpaired) electrons. The monoisotopic (exact) mass is 524 g/mol. The van der Waals surface area contributed by atoms with E-state index < -0.39 is 10.8 Å². The smallest absolute Gasteiger partial charge is 0.241 e. The number of fused-ring (bicyclic) bond motifs is 4. The van der Waals surface area contributed by atoms with E-state index in [-0.39, 0.29) is 11.8 Å². The largest absolute Gasteiger partial charge is 0.309 e. The van der Waals surface area contributed by atoms with Crippen molar-refractivity contribution in [1.82, 2.24) is 4.57 Å². The fraction of sp³-hybridized carbons (Fsp3) is 0.278. The summed E-state index contributed by atoms with van der Waals surface area (Å²) >= 11 is 0. The molecule has 40 heavy (non-hydrogen) atoms. The number of hydrogen-bond donors (Lipinski definition) is 0. The van der Waals surface area contributed by atoms with Gasteiger partial charge in [0.1, 0.15) is 0 Å². The fourth-order valence-corrected chi connectivity index (χ4v) is 8.39. The molecule has 1 aromatic heterocycles. The van der Waals surface area contributed by atoms with E-state index in [1.807, 2.05) is 12.1 Å². The van der Waals surface area contributed by atoms with Crippen molar-refractivity contribution in [3.8, 4) is 16.8 Å². The summed E-state index contributed by atoms with van der Waals surface area (Å²) in [5, 5.41) is 2.46. The summed E-state index contributed by atoms with van der Waals surface area (Å²) in [7, 11) is 0. The van der Waals surface area contributed by atoms with Gasteiger partial charge in [0.25, 0.3) is 0 Å². The molecule has 2 heterocycles. The standard InChI is InChI=1S/C36H32N2O2/c39-33-35(21-7-8-22-35)36(23-9-10-24-36)34(40)37(33)26-19-17-25(18-20-26)27-11-1-4-14-30(27)38-31-15-5-2-12-28(31)29-13-3-6-16-32(29)38/h1-6,11-20H,7-10,21-24H2. The number of para-hydroxylation sites is 3.